The zero-order valence-electron chi connectivity index (χ0n) is 15.7. The number of primary sulfonamides is 1. The number of hydrogen-bond acceptors (Lipinski definition) is 4. The van der Waals surface area contributed by atoms with Crippen LogP contribution in [-0.4, -0.2) is 29.3 Å². The number of benzene rings is 2. The van der Waals surface area contributed by atoms with Crippen molar-refractivity contribution < 1.29 is 18.3 Å². The second-order valence-electron chi connectivity index (χ2n) is 6.54. The Morgan fingerprint density at radius 1 is 1.14 bits per heavy atom. The molecule has 1 heterocycles. The van der Waals surface area contributed by atoms with E-state index in [2.05, 4.69) is 5.10 Å². The van der Waals surface area contributed by atoms with E-state index >= 15 is 0 Å². The molecule has 3 rings (SSSR count). The smallest absolute Gasteiger partial charge is 0.356 e. The summed E-state index contributed by atoms with van der Waals surface area (Å²) in [5.41, 5.74) is 2.51. The minimum absolute atomic E-state index is 0.0288. The van der Waals surface area contributed by atoms with E-state index in [9.17, 15) is 18.3 Å². The number of carboxylic acids is 1. The van der Waals surface area contributed by atoms with Gasteiger partial charge in [-0.15, -0.1) is 0 Å². The second kappa shape index (κ2) is 8.36. The van der Waals surface area contributed by atoms with Crippen molar-refractivity contribution >= 4 is 27.6 Å². The van der Waals surface area contributed by atoms with Crippen LogP contribution in [-0.2, 0) is 16.4 Å². The Morgan fingerprint density at radius 3 is 2.28 bits per heavy atom. The number of nitrogens with two attached hydrogens (primary N) is 1. The third-order valence-electron chi connectivity index (χ3n) is 4.49. The molecule has 0 saturated carbocycles. The Bertz CT molecular complexity index is 1140. The highest BCUT2D eigenvalue weighted by Gasteiger charge is 2.24. The highest BCUT2D eigenvalue weighted by Crippen LogP contribution is 2.32. The maximum Gasteiger partial charge on any atom is 0.356 e. The molecule has 0 fully saturated rings. The number of rotatable bonds is 7. The zero-order chi connectivity index (χ0) is 21.2. The lowest BCUT2D eigenvalue weighted by atomic mass is 10.0. The summed E-state index contributed by atoms with van der Waals surface area (Å²) in [5, 5.41) is 19.7. The van der Waals surface area contributed by atoms with E-state index in [0.717, 1.165) is 18.4 Å². The van der Waals surface area contributed by atoms with Gasteiger partial charge in [0, 0.05) is 16.1 Å². The molecule has 0 spiro atoms. The fourth-order valence-electron chi connectivity index (χ4n) is 3.08. The molecule has 29 heavy (non-hydrogen) atoms. The van der Waals surface area contributed by atoms with Gasteiger partial charge < -0.3 is 5.11 Å². The lowest BCUT2D eigenvalue weighted by molar-refractivity contribution is 0.0688. The molecule has 0 bridgehead atoms. The van der Waals surface area contributed by atoms with Crippen molar-refractivity contribution in [1.82, 2.24) is 9.78 Å². The van der Waals surface area contributed by atoms with Gasteiger partial charge in [-0.2, -0.15) is 5.10 Å². The summed E-state index contributed by atoms with van der Waals surface area (Å²) >= 11 is 6.01. The highest BCUT2D eigenvalue weighted by atomic mass is 35.5. The summed E-state index contributed by atoms with van der Waals surface area (Å²) in [7, 11) is -3.84. The van der Waals surface area contributed by atoms with Crippen molar-refractivity contribution in [3.63, 3.8) is 0 Å². The molecular formula is C20H20ClN3O4S. The molecular weight excluding hydrogens is 414 g/mol. The Kier molecular flexibility index (Phi) is 6.07. The SMILES string of the molecule is CCCCc1c(C(=O)O)nn(-c2ccc(S(N)(=O)=O)cc2)c1-c1ccc(Cl)cc1. The van der Waals surface area contributed by atoms with Crippen LogP contribution in [0.1, 0.15) is 35.8 Å². The maximum atomic E-state index is 11.9. The first kappa shape index (κ1) is 21.0. The first-order valence-electron chi connectivity index (χ1n) is 8.96. The standard InChI is InChI=1S/C20H20ClN3O4S/c1-2-3-4-17-18(20(25)26)23-24(19(17)13-5-7-14(21)8-6-13)15-9-11-16(12-10-15)29(22,27)28/h5-12H,2-4H2,1H3,(H,25,26)(H2,22,27,28). The van der Waals surface area contributed by atoms with Gasteiger partial charge in [-0.3, -0.25) is 0 Å². The van der Waals surface area contributed by atoms with Crippen LogP contribution in [0, 0.1) is 0 Å². The Balaban J connectivity index is 2.24. The van der Waals surface area contributed by atoms with E-state index < -0.39 is 16.0 Å². The van der Waals surface area contributed by atoms with Crippen LogP contribution < -0.4 is 5.14 Å². The molecule has 7 nitrogen and oxygen atoms in total. The fourth-order valence-corrected chi connectivity index (χ4v) is 3.72. The van der Waals surface area contributed by atoms with Crippen LogP contribution in [0.5, 0.6) is 0 Å². The van der Waals surface area contributed by atoms with E-state index in [4.69, 9.17) is 16.7 Å². The average Bonchev–Trinajstić information content (AvgIpc) is 3.06. The van der Waals surface area contributed by atoms with Crippen LogP contribution in [0.15, 0.2) is 53.4 Å². The van der Waals surface area contributed by atoms with Gasteiger partial charge in [-0.05, 0) is 49.2 Å². The molecule has 152 valence electrons. The lowest BCUT2D eigenvalue weighted by Gasteiger charge is -2.11. The summed E-state index contributed by atoms with van der Waals surface area (Å²) in [6.07, 6.45) is 2.25. The number of sulfonamides is 1. The normalized spacial score (nSPS) is 11.6. The predicted octanol–water partition coefficient (Wildman–Crippen LogP) is 3.88. The van der Waals surface area contributed by atoms with Gasteiger partial charge in [0.1, 0.15) is 0 Å². The van der Waals surface area contributed by atoms with Crippen molar-refractivity contribution in [1.29, 1.82) is 0 Å². The van der Waals surface area contributed by atoms with Gasteiger partial charge in [0.2, 0.25) is 10.0 Å². The number of hydrogen-bond donors (Lipinski definition) is 2. The van der Waals surface area contributed by atoms with Gasteiger partial charge in [-0.1, -0.05) is 37.1 Å². The Morgan fingerprint density at radius 2 is 1.76 bits per heavy atom. The molecule has 9 heteroatoms. The number of halogens is 1. The fraction of sp³-hybridized carbons (Fsp3) is 0.200. The van der Waals surface area contributed by atoms with Crippen LogP contribution in [0.4, 0.5) is 0 Å². The van der Waals surface area contributed by atoms with Crippen LogP contribution >= 0.6 is 11.6 Å². The molecule has 0 radical (unpaired) electrons. The van der Waals surface area contributed by atoms with Crippen LogP contribution in [0.3, 0.4) is 0 Å². The third kappa shape index (κ3) is 4.50. The maximum absolute atomic E-state index is 11.9. The summed E-state index contributed by atoms with van der Waals surface area (Å²) in [6.45, 7) is 2.03. The van der Waals surface area contributed by atoms with Crippen molar-refractivity contribution in [2.24, 2.45) is 5.14 Å². The molecule has 0 saturated heterocycles. The van der Waals surface area contributed by atoms with Crippen molar-refractivity contribution in [3.05, 3.63) is 64.8 Å². The second-order valence-corrected chi connectivity index (χ2v) is 8.54. The molecule has 3 aromatic rings. The van der Waals surface area contributed by atoms with Crippen molar-refractivity contribution in [3.8, 4) is 16.9 Å². The quantitative estimate of drug-likeness (QED) is 0.586. The lowest BCUT2D eigenvalue weighted by Crippen LogP contribution is -2.12. The summed E-state index contributed by atoms with van der Waals surface area (Å²) < 4.78 is 24.6. The zero-order valence-corrected chi connectivity index (χ0v) is 17.2. The highest BCUT2D eigenvalue weighted by molar-refractivity contribution is 7.89. The first-order valence-corrected chi connectivity index (χ1v) is 10.9. The minimum Gasteiger partial charge on any atom is -0.476 e. The molecule has 0 amide bonds. The number of aromatic nitrogens is 2. The van der Waals surface area contributed by atoms with E-state index in [1.54, 1.807) is 36.4 Å². The third-order valence-corrected chi connectivity index (χ3v) is 5.68. The number of nitrogens with zero attached hydrogens (tertiary/aromatic N) is 2. The van der Waals surface area contributed by atoms with E-state index in [1.165, 1.54) is 16.8 Å². The Hall–Kier alpha value is -2.68. The topological polar surface area (TPSA) is 115 Å². The Labute approximate surface area is 173 Å². The number of carboxylic acid groups (broad SMARTS) is 1. The van der Waals surface area contributed by atoms with E-state index in [-0.39, 0.29) is 10.6 Å². The van der Waals surface area contributed by atoms with Crippen molar-refractivity contribution in [2.75, 3.05) is 0 Å². The molecule has 1 aromatic heterocycles. The average molecular weight is 434 g/mol. The van der Waals surface area contributed by atoms with Gasteiger partial charge in [0.05, 0.1) is 16.3 Å². The summed E-state index contributed by atoms with van der Waals surface area (Å²) in [5.74, 6) is -1.12. The van der Waals surface area contributed by atoms with Gasteiger partial charge in [-0.25, -0.2) is 23.0 Å². The summed E-state index contributed by atoms with van der Waals surface area (Å²) in [6, 6.07) is 12.9. The summed E-state index contributed by atoms with van der Waals surface area (Å²) in [4.78, 5) is 11.8. The minimum atomic E-state index is -3.84. The van der Waals surface area contributed by atoms with Gasteiger partial charge >= 0.3 is 5.97 Å². The largest absolute Gasteiger partial charge is 0.476 e. The number of carbonyl (C=O) groups is 1. The molecule has 0 unspecified atom stereocenters. The van der Waals surface area contributed by atoms with E-state index in [1.807, 2.05) is 6.92 Å². The van der Waals surface area contributed by atoms with Crippen LogP contribution in [0.2, 0.25) is 5.02 Å². The number of aromatic carboxylic acids is 1. The molecule has 0 aliphatic carbocycles. The molecule has 3 N–H and O–H groups in total. The van der Waals surface area contributed by atoms with Crippen LogP contribution in [0.25, 0.3) is 16.9 Å². The molecule has 2 aromatic carbocycles. The van der Waals surface area contributed by atoms with Gasteiger partial charge in [0.15, 0.2) is 5.69 Å². The monoisotopic (exact) mass is 433 g/mol. The van der Waals surface area contributed by atoms with Crippen molar-refractivity contribution in [2.45, 2.75) is 31.1 Å². The number of unbranched alkanes of at least 4 members (excludes halogenated alkanes) is 1. The molecule has 0 aliphatic rings. The predicted molar refractivity (Wildman–Crippen MR) is 111 cm³/mol. The molecule has 0 aliphatic heterocycles. The first-order chi connectivity index (χ1) is 13.7. The molecule has 0 atom stereocenters. The van der Waals surface area contributed by atoms with Gasteiger partial charge in [0.25, 0.3) is 0 Å². The van der Waals surface area contributed by atoms with E-state index in [0.29, 0.717) is 28.4 Å².